The number of anilines is 2. The minimum Gasteiger partial charge on any atom is -0.491 e. The van der Waals surface area contributed by atoms with Crippen LogP contribution in [-0.4, -0.2) is 43.1 Å². The van der Waals surface area contributed by atoms with Crippen molar-refractivity contribution in [3.05, 3.63) is 52.0 Å². The molecular formula is C24H23ClF2N4O4. The first-order valence-corrected chi connectivity index (χ1v) is 11.7. The number of amides is 4. The number of halogens is 3. The van der Waals surface area contributed by atoms with Gasteiger partial charge in [-0.15, -0.1) is 0 Å². The van der Waals surface area contributed by atoms with Crippen LogP contribution in [0.4, 0.5) is 25.0 Å². The van der Waals surface area contributed by atoms with Gasteiger partial charge < -0.3 is 20.3 Å². The molecule has 184 valence electrons. The Bertz CT molecular complexity index is 1240. The van der Waals surface area contributed by atoms with Crippen LogP contribution in [-0.2, 0) is 16.0 Å². The second-order valence-corrected chi connectivity index (χ2v) is 9.36. The molecule has 2 aromatic carbocycles. The Kier molecular flexibility index (Phi) is 6.00. The number of urea groups is 1. The van der Waals surface area contributed by atoms with E-state index in [2.05, 4.69) is 16.0 Å². The maximum absolute atomic E-state index is 15.4. The van der Waals surface area contributed by atoms with Gasteiger partial charge in [-0.1, -0.05) is 11.6 Å². The van der Waals surface area contributed by atoms with Crippen LogP contribution in [0.15, 0.2) is 24.3 Å². The van der Waals surface area contributed by atoms with E-state index in [0.29, 0.717) is 42.1 Å². The molecule has 3 atom stereocenters. The Balaban J connectivity index is 1.30. The number of hydrogen-bond donors (Lipinski definition) is 3. The summed E-state index contributed by atoms with van der Waals surface area (Å²) in [7, 11) is 0. The summed E-state index contributed by atoms with van der Waals surface area (Å²) in [6.07, 6.45) is 0.876. The zero-order chi connectivity index (χ0) is 24.9. The molecule has 35 heavy (non-hydrogen) atoms. The number of carbonyl (C=O) groups is 3. The highest BCUT2D eigenvalue weighted by molar-refractivity contribution is 6.30. The van der Waals surface area contributed by atoms with E-state index in [0.717, 1.165) is 6.07 Å². The van der Waals surface area contributed by atoms with Gasteiger partial charge in [0.1, 0.15) is 17.4 Å². The van der Waals surface area contributed by atoms with E-state index >= 15 is 4.39 Å². The summed E-state index contributed by atoms with van der Waals surface area (Å²) in [6.45, 7) is 2.64. The van der Waals surface area contributed by atoms with E-state index in [9.17, 15) is 18.8 Å². The number of imide groups is 1. The SMILES string of the molecule is C[C@@H]1[C@@H](NC(=O)Nc2ccc(Cl)cc2F)CN1c1cc(F)c([C@H]2CCC(=O)NC2=O)c2c1OCC2. The van der Waals surface area contributed by atoms with Crippen molar-refractivity contribution in [1.82, 2.24) is 10.6 Å². The highest BCUT2D eigenvalue weighted by atomic mass is 35.5. The molecule has 0 aliphatic carbocycles. The average Bonchev–Trinajstić information content (AvgIpc) is 3.28. The number of nitrogens with zero attached hydrogens (tertiary/aromatic N) is 1. The van der Waals surface area contributed by atoms with Crippen LogP contribution >= 0.6 is 11.6 Å². The number of piperidine rings is 1. The lowest BCUT2D eigenvalue weighted by Crippen LogP contribution is -2.66. The normalized spacial score (nSPS) is 23.2. The van der Waals surface area contributed by atoms with E-state index in [4.69, 9.17) is 16.3 Å². The number of nitrogens with one attached hydrogen (secondary N) is 3. The Labute approximate surface area is 204 Å². The third kappa shape index (κ3) is 4.27. The summed E-state index contributed by atoms with van der Waals surface area (Å²) in [6, 6.07) is 4.30. The number of carbonyl (C=O) groups excluding carboxylic acids is 3. The lowest BCUT2D eigenvalue weighted by Gasteiger charge is -2.48. The molecule has 0 unspecified atom stereocenters. The molecule has 0 radical (unpaired) electrons. The molecule has 5 rings (SSSR count). The first-order valence-electron chi connectivity index (χ1n) is 11.3. The van der Waals surface area contributed by atoms with Crippen LogP contribution in [0.5, 0.6) is 5.75 Å². The van der Waals surface area contributed by atoms with Crippen molar-refractivity contribution in [3.8, 4) is 5.75 Å². The quantitative estimate of drug-likeness (QED) is 0.554. The molecule has 2 saturated heterocycles. The van der Waals surface area contributed by atoms with Crippen LogP contribution < -0.4 is 25.6 Å². The molecule has 4 amide bonds. The Morgan fingerprint density at radius 1 is 1.20 bits per heavy atom. The zero-order valence-corrected chi connectivity index (χ0v) is 19.5. The van der Waals surface area contributed by atoms with E-state index in [-0.39, 0.29) is 41.5 Å². The highest BCUT2D eigenvalue weighted by Gasteiger charge is 2.41. The second kappa shape index (κ2) is 8.99. The smallest absolute Gasteiger partial charge is 0.319 e. The predicted molar refractivity (Wildman–Crippen MR) is 125 cm³/mol. The number of benzene rings is 2. The second-order valence-electron chi connectivity index (χ2n) is 8.92. The maximum atomic E-state index is 15.4. The third-order valence-electron chi connectivity index (χ3n) is 6.81. The summed E-state index contributed by atoms with van der Waals surface area (Å²) in [5, 5.41) is 7.78. The van der Waals surface area contributed by atoms with Gasteiger partial charge in [0.25, 0.3) is 0 Å². The molecule has 0 saturated carbocycles. The van der Waals surface area contributed by atoms with Gasteiger partial charge in [0.15, 0.2) is 0 Å². The van der Waals surface area contributed by atoms with E-state index in [1.807, 2.05) is 11.8 Å². The summed E-state index contributed by atoms with van der Waals surface area (Å²) < 4.78 is 35.1. The van der Waals surface area contributed by atoms with Crippen molar-refractivity contribution in [2.75, 3.05) is 23.4 Å². The number of hydrogen-bond acceptors (Lipinski definition) is 5. The fraction of sp³-hybridized carbons (Fsp3) is 0.375. The van der Waals surface area contributed by atoms with E-state index in [1.165, 1.54) is 18.2 Å². The summed E-state index contributed by atoms with van der Waals surface area (Å²) in [5.74, 6) is -2.21. The first kappa shape index (κ1) is 23.3. The molecule has 3 heterocycles. The fourth-order valence-corrected chi connectivity index (χ4v) is 5.08. The maximum Gasteiger partial charge on any atom is 0.319 e. The molecule has 0 spiro atoms. The van der Waals surface area contributed by atoms with Gasteiger partial charge in [0, 0.05) is 47.6 Å². The standard InChI is InChI=1S/C24H23ClF2N4O4/c1-11-18(29-24(34)28-17-4-2-12(25)8-15(17)26)10-31(11)19-9-16(27)21(13-6-7-35-22(13)19)14-3-5-20(32)30-23(14)33/h2,4,8-9,11,14,18H,3,5-7,10H2,1H3,(H2,28,29,34)(H,30,32,33)/t11-,14-,18+/m1/s1. The van der Waals surface area contributed by atoms with Crippen molar-refractivity contribution < 1.29 is 27.9 Å². The van der Waals surface area contributed by atoms with Gasteiger partial charge in [-0.25, -0.2) is 13.6 Å². The van der Waals surface area contributed by atoms with Crippen LogP contribution in [0.25, 0.3) is 0 Å². The monoisotopic (exact) mass is 504 g/mol. The van der Waals surface area contributed by atoms with Gasteiger partial charge in [0.2, 0.25) is 11.8 Å². The summed E-state index contributed by atoms with van der Waals surface area (Å²) in [5.41, 5.74) is 1.50. The molecule has 2 aromatic rings. The van der Waals surface area contributed by atoms with Crippen molar-refractivity contribution >= 4 is 40.8 Å². The lowest BCUT2D eigenvalue weighted by atomic mass is 9.85. The molecule has 0 bridgehead atoms. The summed E-state index contributed by atoms with van der Waals surface area (Å²) >= 11 is 5.74. The number of fused-ring (bicyclic) bond motifs is 1. The van der Waals surface area contributed by atoms with Crippen LogP contribution in [0, 0.1) is 11.6 Å². The molecule has 3 aliphatic heterocycles. The van der Waals surface area contributed by atoms with Gasteiger partial charge >= 0.3 is 6.03 Å². The number of ether oxygens (including phenoxy) is 1. The van der Waals surface area contributed by atoms with Crippen LogP contribution in [0.1, 0.15) is 36.8 Å². The van der Waals surface area contributed by atoms with Crippen molar-refractivity contribution in [2.24, 2.45) is 0 Å². The highest BCUT2D eigenvalue weighted by Crippen LogP contribution is 2.46. The van der Waals surface area contributed by atoms with Gasteiger partial charge in [0.05, 0.1) is 29.9 Å². The van der Waals surface area contributed by atoms with Gasteiger partial charge in [-0.05, 0) is 31.5 Å². The van der Waals surface area contributed by atoms with Crippen LogP contribution in [0.3, 0.4) is 0 Å². The van der Waals surface area contributed by atoms with Crippen molar-refractivity contribution in [1.29, 1.82) is 0 Å². The van der Waals surface area contributed by atoms with Crippen molar-refractivity contribution in [2.45, 2.75) is 44.2 Å². The molecule has 0 aromatic heterocycles. The third-order valence-corrected chi connectivity index (χ3v) is 7.05. The average molecular weight is 505 g/mol. The fourth-order valence-electron chi connectivity index (χ4n) is 4.92. The molecular weight excluding hydrogens is 482 g/mol. The molecule has 3 aliphatic rings. The molecule has 8 nitrogen and oxygen atoms in total. The Morgan fingerprint density at radius 2 is 2.00 bits per heavy atom. The first-order chi connectivity index (χ1) is 16.7. The predicted octanol–water partition coefficient (Wildman–Crippen LogP) is 3.47. The Morgan fingerprint density at radius 3 is 2.71 bits per heavy atom. The largest absolute Gasteiger partial charge is 0.491 e. The van der Waals surface area contributed by atoms with E-state index < -0.39 is 29.5 Å². The Hall–Kier alpha value is -3.40. The van der Waals surface area contributed by atoms with Gasteiger partial charge in [-0.3, -0.25) is 14.9 Å². The zero-order valence-electron chi connectivity index (χ0n) is 18.8. The number of rotatable bonds is 4. The lowest BCUT2D eigenvalue weighted by molar-refractivity contribution is -0.134. The molecule has 2 fully saturated rings. The van der Waals surface area contributed by atoms with Gasteiger partial charge in [-0.2, -0.15) is 0 Å². The van der Waals surface area contributed by atoms with E-state index in [1.54, 1.807) is 0 Å². The minimum atomic E-state index is -0.739. The summed E-state index contributed by atoms with van der Waals surface area (Å²) in [4.78, 5) is 38.2. The van der Waals surface area contributed by atoms with Crippen molar-refractivity contribution in [3.63, 3.8) is 0 Å². The molecule has 11 heteroatoms. The molecule has 3 N–H and O–H groups in total. The minimum absolute atomic E-state index is 0.00746. The topological polar surface area (TPSA) is 99.8 Å². The van der Waals surface area contributed by atoms with Crippen LogP contribution in [0.2, 0.25) is 5.02 Å².